The first-order valence-electron chi connectivity index (χ1n) is 7.09. The summed E-state index contributed by atoms with van der Waals surface area (Å²) in [7, 11) is 1.94. The normalized spacial score (nSPS) is 12.9. The summed E-state index contributed by atoms with van der Waals surface area (Å²) in [6.45, 7) is 2.93. The van der Waals surface area contributed by atoms with Crippen molar-refractivity contribution in [3.8, 4) is 0 Å². The largest absolute Gasteiger partial charge is 0.456 e. The van der Waals surface area contributed by atoms with Gasteiger partial charge in [-0.25, -0.2) is 9.37 Å². The molecule has 2 aromatic heterocycles. The number of hydrogen-bond acceptors (Lipinski definition) is 3. The molecule has 0 saturated carbocycles. The maximum atomic E-state index is 13.8. The second-order valence-corrected chi connectivity index (χ2v) is 5.09. The zero-order chi connectivity index (χ0) is 14.8. The van der Waals surface area contributed by atoms with E-state index < -0.39 is 0 Å². The highest BCUT2D eigenvalue weighted by atomic mass is 19.1. The van der Waals surface area contributed by atoms with E-state index in [1.807, 2.05) is 29.9 Å². The lowest BCUT2D eigenvalue weighted by Gasteiger charge is -2.15. The van der Waals surface area contributed by atoms with Crippen molar-refractivity contribution in [2.45, 2.75) is 19.4 Å². The van der Waals surface area contributed by atoms with Crippen molar-refractivity contribution in [3.63, 3.8) is 0 Å². The van der Waals surface area contributed by atoms with Crippen molar-refractivity contribution in [1.29, 1.82) is 0 Å². The van der Waals surface area contributed by atoms with E-state index in [4.69, 9.17) is 4.42 Å². The van der Waals surface area contributed by atoms with E-state index >= 15 is 0 Å². The SMILES string of the molecule is CCCNC(c1cc2cccc(F)c2o1)c1nccn1C. The summed E-state index contributed by atoms with van der Waals surface area (Å²) in [4.78, 5) is 4.38. The number of furan rings is 1. The molecule has 1 unspecified atom stereocenters. The van der Waals surface area contributed by atoms with Crippen molar-refractivity contribution in [1.82, 2.24) is 14.9 Å². The number of aryl methyl sites for hydroxylation is 1. The monoisotopic (exact) mass is 287 g/mol. The fourth-order valence-electron chi connectivity index (χ4n) is 2.45. The molecule has 0 radical (unpaired) electrons. The van der Waals surface area contributed by atoms with Crippen LogP contribution in [0.1, 0.15) is 31.0 Å². The predicted molar refractivity (Wildman–Crippen MR) is 79.5 cm³/mol. The zero-order valence-electron chi connectivity index (χ0n) is 12.1. The van der Waals surface area contributed by atoms with Crippen LogP contribution in [0, 0.1) is 5.82 Å². The Morgan fingerprint density at radius 2 is 2.29 bits per heavy atom. The molecule has 1 atom stereocenters. The Balaban J connectivity index is 2.05. The summed E-state index contributed by atoms with van der Waals surface area (Å²) in [5.74, 6) is 1.19. The van der Waals surface area contributed by atoms with E-state index in [-0.39, 0.29) is 11.9 Å². The van der Waals surface area contributed by atoms with Crippen LogP contribution in [0.2, 0.25) is 0 Å². The highest BCUT2D eigenvalue weighted by Gasteiger charge is 2.22. The van der Waals surface area contributed by atoms with E-state index in [1.54, 1.807) is 12.3 Å². The fraction of sp³-hybridized carbons (Fsp3) is 0.312. The molecule has 0 fully saturated rings. The van der Waals surface area contributed by atoms with Gasteiger partial charge in [0.2, 0.25) is 0 Å². The van der Waals surface area contributed by atoms with Crippen LogP contribution in [0.3, 0.4) is 0 Å². The third kappa shape index (κ3) is 2.56. The highest BCUT2D eigenvalue weighted by molar-refractivity contribution is 5.78. The first-order valence-corrected chi connectivity index (χ1v) is 7.09. The Hall–Kier alpha value is -2.14. The minimum atomic E-state index is -0.340. The van der Waals surface area contributed by atoms with Gasteiger partial charge in [0.15, 0.2) is 11.4 Å². The number of fused-ring (bicyclic) bond motifs is 1. The second-order valence-electron chi connectivity index (χ2n) is 5.09. The molecule has 0 bridgehead atoms. The van der Waals surface area contributed by atoms with E-state index in [2.05, 4.69) is 17.2 Å². The van der Waals surface area contributed by atoms with Gasteiger partial charge in [-0.15, -0.1) is 0 Å². The molecular formula is C16H18FN3O. The molecule has 1 aromatic carbocycles. The van der Waals surface area contributed by atoms with Crippen LogP contribution < -0.4 is 5.32 Å². The third-order valence-corrected chi connectivity index (χ3v) is 3.51. The van der Waals surface area contributed by atoms with E-state index in [0.29, 0.717) is 11.3 Å². The summed E-state index contributed by atoms with van der Waals surface area (Å²) in [5, 5.41) is 4.18. The number of halogens is 1. The minimum Gasteiger partial charge on any atom is -0.456 e. The van der Waals surface area contributed by atoms with Gasteiger partial charge < -0.3 is 14.3 Å². The molecule has 0 saturated heterocycles. The molecule has 3 aromatic rings. The number of benzene rings is 1. The van der Waals surface area contributed by atoms with E-state index in [0.717, 1.165) is 24.2 Å². The average molecular weight is 287 g/mol. The molecule has 4 nitrogen and oxygen atoms in total. The smallest absolute Gasteiger partial charge is 0.169 e. The molecule has 0 aliphatic heterocycles. The molecule has 3 rings (SSSR count). The second kappa shape index (κ2) is 5.69. The maximum Gasteiger partial charge on any atom is 0.169 e. The molecule has 1 N–H and O–H groups in total. The first kappa shape index (κ1) is 13.8. The Morgan fingerprint density at radius 3 is 2.95 bits per heavy atom. The molecule has 2 heterocycles. The van der Waals surface area contributed by atoms with Gasteiger partial charge in [0.1, 0.15) is 17.6 Å². The molecule has 0 amide bonds. The van der Waals surface area contributed by atoms with Gasteiger partial charge in [0.05, 0.1) is 0 Å². The van der Waals surface area contributed by atoms with Gasteiger partial charge in [-0.05, 0) is 25.1 Å². The molecule has 21 heavy (non-hydrogen) atoms. The van der Waals surface area contributed by atoms with Crippen LogP contribution in [-0.2, 0) is 7.05 Å². The van der Waals surface area contributed by atoms with Gasteiger partial charge in [0.25, 0.3) is 0 Å². The van der Waals surface area contributed by atoms with Crippen LogP contribution >= 0.6 is 0 Å². The molecule has 0 aliphatic carbocycles. The van der Waals surface area contributed by atoms with Gasteiger partial charge in [-0.3, -0.25) is 0 Å². The van der Waals surface area contributed by atoms with Crippen molar-refractivity contribution in [2.24, 2.45) is 7.05 Å². The van der Waals surface area contributed by atoms with E-state index in [1.165, 1.54) is 6.07 Å². The van der Waals surface area contributed by atoms with Gasteiger partial charge in [-0.2, -0.15) is 0 Å². The lowest BCUT2D eigenvalue weighted by atomic mass is 10.1. The molecule has 0 aliphatic rings. The molecule has 110 valence electrons. The predicted octanol–water partition coefficient (Wildman–Crippen LogP) is 3.39. The Labute approximate surface area is 122 Å². The van der Waals surface area contributed by atoms with Crippen LogP contribution in [-0.4, -0.2) is 16.1 Å². The van der Waals surface area contributed by atoms with Crippen LogP contribution in [0.15, 0.2) is 41.1 Å². The zero-order valence-corrected chi connectivity index (χ0v) is 12.1. The summed E-state index contributed by atoms with van der Waals surface area (Å²) in [6, 6.07) is 6.63. The van der Waals surface area contributed by atoms with Gasteiger partial charge >= 0.3 is 0 Å². The molecule has 0 spiro atoms. The quantitative estimate of drug-likeness (QED) is 0.782. The topological polar surface area (TPSA) is 43.0 Å². The number of rotatable bonds is 5. The Kier molecular flexibility index (Phi) is 3.75. The fourth-order valence-corrected chi connectivity index (χ4v) is 2.45. The number of nitrogens with zero attached hydrogens (tertiary/aromatic N) is 2. The summed E-state index contributed by atoms with van der Waals surface area (Å²) < 4.78 is 21.5. The van der Waals surface area contributed by atoms with Crippen molar-refractivity contribution in [3.05, 3.63) is 54.1 Å². The highest BCUT2D eigenvalue weighted by Crippen LogP contribution is 2.28. The van der Waals surface area contributed by atoms with Crippen LogP contribution in [0.5, 0.6) is 0 Å². The summed E-state index contributed by atoms with van der Waals surface area (Å²) in [5.41, 5.74) is 0.296. The number of para-hydroxylation sites is 1. The number of nitrogens with one attached hydrogen (secondary N) is 1. The maximum absolute atomic E-state index is 13.8. The minimum absolute atomic E-state index is 0.184. The third-order valence-electron chi connectivity index (χ3n) is 3.51. The van der Waals surface area contributed by atoms with Crippen LogP contribution in [0.4, 0.5) is 4.39 Å². The van der Waals surface area contributed by atoms with Crippen molar-refractivity contribution < 1.29 is 8.81 Å². The number of imidazole rings is 1. The molecular weight excluding hydrogens is 269 g/mol. The first-order chi connectivity index (χ1) is 10.2. The lowest BCUT2D eigenvalue weighted by Crippen LogP contribution is -2.25. The number of hydrogen-bond donors (Lipinski definition) is 1. The van der Waals surface area contributed by atoms with Crippen molar-refractivity contribution in [2.75, 3.05) is 6.54 Å². The van der Waals surface area contributed by atoms with Gasteiger partial charge in [0, 0.05) is 24.8 Å². The van der Waals surface area contributed by atoms with Crippen molar-refractivity contribution >= 4 is 11.0 Å². The van der Waals surface area contributed by atoms with E-state index in [9.17, 15) is 4.39 Å². The van der Waals surface area contributed by atoms with Crippen LogP contribution in [0.25, 0.3) is 11.0 Å². The summed E-state index contributed by atoms with van der Waals surface area (Å²) in [6.07, 6.45) is 4.63. The molecule has 5 heteroatoms. The lowest BCUT2D eigenvalue weighted by molar-refractivity contribution is 0.441. The number of aromatic nitrogens is 2. The standard InChI is InChI=1S/C16H18FN3O/c1-3-7-18-14(16-19-8-9-20(16)2)13-10-11-5-4-6-12(17)15(11)21-13/h4-6,8-10,14,18H,3,7H2,1-2H3. The average Bonchev–Trinajstić information content (AvgIpc) is 3.07. The Morgan fingerprint density at radius 1 is 1.43 bits per heavy atom. The summed E-state index contributed by atoms with van der Waals surface area (Å²) >= 11 is 0. The van der Waals surface area contributed by atoms with Gasteiger partial charge in [-0.1, -0.05) is 19.1 Å². The Bertz CT molecular complexity index is 747.